The van der Waals surface area contributed by atoms with E-state index in [2.05, 4.69) is 10.3 Å². The number of anilines is 1. The normalized spacial score (nSPS) is 10.1. The molecule has 0 aliphatic carbocycles. The summed E-state index contributed by atoms with van der Waals surface area (Å²) in [6.07, 6.45) is 0.138. The minimum absolute atomic E-state index is 0.138. The van der Waals surface area contributed by atoms with Crippen molar-refractivity contribution in [2.75, 3.05) is 19.5 Å². The molecule has 0 aliphatic rings. The number of hydrogen-bond acceptors (Lipinski definition) is 6. The molecule has 0 saturated heterocycles. The predicted molar refractivity (Wildman–Crippen MR) is 104 cm³/mol. The van der Waals surface area contributed by atoms with Crippen LogP contribution in [0.1, 0.15) is 11.3 Å². The van der Waals surface area contributed by atoms with E-state index in [0.717, 1.165) is 10.6 Å². The number of aromatic nitrogens is 1. The van der Waals surface area contributed by atoms with Gasteiger partial charge in [-0.3, -0.25) is 4.79 Å². The van der Waals surface area contributed by atoms with Crippen LogP contribution in [0.5, 0.6) is 11.5 Å². The molecule has 7 heteroatoms. The Morgan fingerprint density at radius 1 is 1.22 bits per heavy atom. The van der Waals surface area contributed by atoms with Crippen molar-refractivity contribution < 1.29 is 14.3 Å². The van der Waals surface area contributed by atoms with Crippen molar-refractivity contribution in [3.05, 3.63) is 59.1 Å². The zero-order valence-electron chi connectivity index (χ0n) is 14.9. The number of ether oxygens (including phenoxy) is 2. The number of thiazole rings is 1. The van der Waals surface area contributed by atoms with Crippen LogP contribution in [0.3, 0.4) is 0 Å². The summed E-state index contributed by atoms with van der Waals surface area (Å²) in [4.78, 5) is 16.8. The molecule has 0 bridgehead atoms. The number of nitrogens with zero attached hydrogens (tertiary/aromatic N) is 2. The molecule has 1 N–H and O–H groups in total. The molecule has 0 radical (unpaired) electrons. The van der Waals surface area contributed by atoms with Crippen LogP contribution in [0.4, 0.5) is 5.69 Å². The zero-order valence-corrected chi connectivity index (χ0v) is 15.7. The Hall–Kier alpha value is -3.37. The van der Waals surface area contributed by atoms with Crippen molar-refractivity contribution in [2.24, 2.45) is 0 Å². The average molecular weight is 379 g/mol. The molecule has 0 atom stereocenters. The van der Waals surface area contributed by atoms with Crippen LogP contribution in [0.15, 0.2) is 47.8 Å². The first kappa shape index (κ1) is 18.4. The molecule has 2 aromatic carbocycles. The van der Waals surface area contributed by atoms with Gasteiger partial charge in [-0.15, -0.1) is 11.3 Å². The Morgan fingerprint density at radius 3 is 2.78 bits per heavy atom. The summed E-state index contributed by atoms with van der Waals surface area (Å²) in [5, 5.41) is 14.3. The predicted octanol–water partition coefficient (Wildman–Crippen LogP) is 3.88. The highest BCUT2D eigenvalue weighted by Crippen LogP contribution is 2.39. The highest BCUT2D eigenvalue weighted by molar-refractivity contribution is 7.13. The summed E-state index contributed by atoms with van der Waals surface area (Å²) in [7, 11) is 3.17. The van der Waals surface area contributed by atoms with Gasteiger partial charge in [-0.25, -0.2) is 4.98 Å². The van der Waals surface area contributed by atoms with Crippen LogP contribution in [-0.2, 0) is 11.2 Å². The van der Waals surface area contributed by atoms with Gasteiger partial charge < -0.3 is 14.8 Å². The summed E-state index contributed by atoms with van der Waals surface area (Å²) < 4.78 is 10.8. The Kier molecular flexibility index (Phi) is 5.69. The van der Waals surface area contributed by atoms with E-state index in [-0.39, 0.29) is 12.3 Å². The van der Waals surface area contributed by atoms with Crippen molar-refractivity contribution in [1.29, 1.82) is 5.26 Å². The van der Waals surface area contributed by atoms with Gasteiger partial charge in [0.05, 0.1) is 43.5 Å². The molecule has 0 spiro atoms. The first-order valence-corrected chi connectivity index (χ1v) is 8.98. The summed E-state index contributed by atoms with van der Waals surface area (Å²) in [6.45, 7) is 0. The first-order valence-electron chi connectivity index (χ1n) is 8.10. The molecular weight excluding hydrogens is 362 g/mol. The number of carbonyl (C=O) groups excluding carboxylic acids is 1. The molecule has 1 amide bonds. The number of para-hydroxylation sites is 1. The van der Waals surface area contributed by atoms with Gasteiger partial charge in [0.15, 0.2) is 11.5 Å². The van der Waals surface area contributed by atoms with Crippen LogP contribution < -0.4 is 14.8 Å². The fourth-order valence-electron chi connectivity index (χ4n) is 2.60. The third-order valence-electron chi connectivity index (χ3n) is 3.80. The Morgan fingerprint density at radius 2 is 2.04 bits per heavy atom. The molecule has 0 aliphatic heterocycles. The maximum atomic E-state index is 12.3. The van der Waals surface area contributed by atoms with Gasteiger partial charge in [-0.05, 0) is 30.3 Å². The van der Waals surface area contributed by atoms with Gasteiger partial charge in [-0.1, -0.05) is 12.1 Å². The maximum Gasteiger partial charge on any atom is 0.230 e. The lowest BCUT2D eigenvalue weighted by molar-refractivity contribution is -0.115. The van der Waals surface area contributed by atoms with Gasteiger partial charge >= 0.3 is 0 Å². The monoisotopic (exact) mass is 379 g/mol. The fourth-order valence-corrected chi connectivity index (χ4v) is 3.44. The standard InChI is InChI=1S/C20H17N3O3S/c1-25-17-8-4-7-16(19(17)26-2)20-23-15(12-27-20)10-18(24)22-14-6-3-5-13(9-14)11-21/h3-9,12H,10H2,1-2H3,(H,22,24). The highest BCUT2D eigenvalue weighted by Gasteiger charge is 2.15. The SMILES string of the molecule is COc1cccc(-c2nc(CC(=O)Nc3cccc(C#N)c3)cs2)c1OC. The molecular formula is C20H17N3O3S. The van der Waals surface area contributed by atoms with Crippen LogP contribution in [0, 0.1) is 11.3 Å². The van der Waals surface area contributed by atoms with E-state index in [1.165, 1.54) is 11.3 Å². The topological polar surface area (TPSA) is 84.2 Å². The van der Waals surface area contributed by atoms with Crippen molar-refractivity contribution in [3.8, 4) is 28.1 Å². The first-order chi connectivity index (χ1) is 13.1. The van der Waals surface area contributed by atoms with Crippen LogP contribution >= 0.6 is 11.3 Å². The van der Waals surface area contributed by atoms with Crippen molar-refractivity contribution in [1.82, 2.24) is 4.98 Å². The number of amides is 1. The van der Waals surface area contributed by atoms with E-state index >= 15 is 0 Å². The lowest BCUT2D eigenvalue weighted by Crippen LogP contribution is -2.14. The number of methoxy groups -OCH3 is 2. The smallest absolute Gasteiger partial charge is 0.230 e. The number of nitrogens with one attached hydrogen (secondary N) is 1. The van der Waals surface area contributed by atoms with Crippen LogP contribution in [0.2, 0.25) is 0 Å². The molecule has 6 nitrogen and oxygen atoms in total. The quantitative estimate of drug-likeness (QED) is 0.703. The molecule has 0 saturated carbocycles. The molecule has 3 aromatic rings. The zero-order chi connectivity index (χ0) is 19.2. The number of hydrogen-bond donors (Lipinski definition) is 1. The molecule has 0 fully saturated rings. The van der Waals surface area contributed by atoms with Crippen LogP contribution in [-0.4, -0.2) is 25.1 Å². The molecule has 1 heterocycles. The molecule has 1 aromatic heterocycles. The van der Waals surface area contributed by atoms with E-state index in [1.54, 1.807) is 38.5 Å². The van der Waals surface area contributed by atoms with Gasteiger partial charge in [0.1, 0.15) is 5.01 Å². The lowest BCUT2D eigenvalue weighted by Gasteiger charge is -2.10. The van der Waals surface area contributed by atoms with Gasteiger partial charge in [0.2, 0.25) is 5.91 Å². The molecule has 136 valence electrons. The van der Waals surface area contributed by atoms with Gasteiger partial charge in [0, 0.05) is 11.1 Å². The lowest BCUT2D eigenvalue weighted by atomic mass is 10.2. The largest absolute Gasteiger partial charge is 0.493 e. The number of benzene rings is 2. The van der Waals surface area contributed by atoms with E-state index in [4.69, 9.17) is 14.7 Å². The number of carbonyl (C=O) groups is 1. The summed E-state index contributed by atoms with van der Waals surface area (Å²) in [6, 6.07) is 14.4. The summed E-state index contributed by atoms with van der Waals surface area (Å²) >= 11 is 1.44. The second-order valence-corrected chi connectivity index (χ2v) is 6.46. The Balaban J connectivity index is 1.75. The van der Waals surface area contributed by atoms with Crippen molar-refractivity contribution in [3.63, 3.8) is 0 Å². The maximum absolute atomic E-state index is 12.3. The molecule has 0 unspecified atom stereocenters. The van der Waals surface area contributed by atoms with Gasteiger partial charge in [0.25, 0.3) is 0 Å². The molecule has 27 heavy (non-hydrogen) atoms. The van der Waals surface area contributed by atoms with Gasteiger partial charge in [-0.2, -0.15) is 5.26 Å². The molecule has 3 rings (SSSR count). The van der Waals surface area contributed by atoms with Crippen molar-refractivity contribution >= 4 is 22.9 Å². The summed E-state index contributed by atoms with van der Waals surface area (Å²) in [5.41, 5.74) is 2.56. The second-order valence-electron chi connectivity index (χ2n) is 5.60. The van der Waals surface area contributed by atoms with Crippen LogP contribution in [0.25, 0.3) is 10.6 Å². The third kappa shape index (κ3) is 4.25. The van der Waals surface area contributed by atoms with E-state index in [9.17, 15) is 4.79 Å². The number of nitriles is 1. The van der Waals surface area contributed by atoms with E-state index < -0.39 is 0 Å². The highest BCUT2D eigenvalue weighted by atomic mass is 32.1. The third-order valence-corrected chi connectivity index (χ3v) is 4.73. The summed E-state index contributed by atoms with van der Waals surface area (Å²) in [5.74, 6) is 1.04. The second kappa shape index (κ2) is 8.34. The Labute approximate surface area is 161 Å². The average Bonchev–Trinajstić information content (AvgIpc) is 3.15. The minimum Gasteiger partial charge on any atom is -0.493 e. The number of rotatable bonds is 6. The van der Waals surface area contributed by atoms with E-state index in [1.807, 2.05) is 29.6 Å². The Bertz CT molecular complexity index is 1010. The fraction of sp³-hybridized carbons (Fsp3) is 0.150. The van der Waals surface area contributed by atoms with Crippen molar-refractivity contribution in [2.45, 2.75) is 6.42 Å². The van der Waals surface area contributed by atoms with E-state index in [0.29, 0.717) is 28.4 Å². The minimum atomic E-state index is -0.195.